The average molecular weight is 458 g/mol. The van der Waals surface area contributed by atoms with Crippen LogP contribution in [0.4, 0.5) is 0 Å². The van der Waals surface area contributed by atoms with Crippen molar-refractivity contribution in [1.82, 2.24) is 4.90 Å². The average Bonchev–Trinajstić information content (AvgIpc) is 3.06. The minimum Gasteiger partial charge on any atom is -0.493 e. The first kappa shape index (κ1) is 23.2. The molecule has 0 radical (unpaired) electrons. The minimum atomic E-state index is -0.0545. The van der Waals surface area contributed by atoms with Gasteiger partial charge in [-0.15, -0.1) is 0 Å². The zero-order chi connectivity index (χ0) is 22.2. The number of carbonyl (C=O) groups excluding carboxylic acids is 1. The molecule has 1 saturated heterocycles. The molecule has 7 heteroatoms. The highest BCUT2D eigenvalue weighted by molar-refractivity contribution is 8.26. The lowest BCUT2D eigenvalue weighted by Crippen LogP contribution is -2.27. The first-order valence-electron chi connectivity index (χ1n) is 10.3. The number of ether oxygens (including phenoxy) is 3. The van der Waals surface area contributed by atoms with Crippen molar-refractivity contribution in [2.75, 3.05) is 26.9 Å². The van der Waals surface area contributed by atoms with Crippen molar-refractivity contribution >= 4 is 40.3 Å². The van der Waals surface area contributed by atoms with Crippen molar-refractivity contribution in [3.8, 4) is 17.2 Å². The third-order valence-corrected chi connectivity index (χ3v) is 6.20. The Bertz CT molecular complexity index is 957. The van der Waals surface area contributed by atoms with Crippen molar-refractivity contribution in [2.24, 2.45) is 0 Å². The van der Waals surface area contributed by atoms with E-state index in [1.54, 1.807) is 12.0 Å². The minimum absolute atomic E-state index is 0.0545. The number of aryl methyl sites for hydroxylation is 1. The summed E-state index contributed by atoms with van der Waals surface area (Å²) in [5.41, 5.74) is 2.16. The van der Waals surface area contributed by atoms with Gasteiger partial charge in [0.15, 0.2) is 11.5 Å². The summed E-state index contributed by atoms with van der Waals surface area (Å²) in [6.45, 7) is 5.71. The Balaban J connectivity index is 1.53. The van der Waals surface area contributed by atoms with Crippen LogP contribution in [0.15, 0.2) is 47.4 Å². The number of likely N-dealkylation sites (N-methyl/N-ethyl adjacent to an activating group) is 1. The molecule has 0 spiro atoms. The Morgan fingerprint density at radius 2 is 1.77 bits per heavy atom. The molecule has 0 N–H and O–H groups in total. The van der Waals surface area contributed by atoms with Crippen molar-refractivity contribution in [2.45, 2.75) is 26.7 Å². The largest absolute Gasteiger partial charge is 0.493 e. The molecule has 1 aliphatic rings. The second-order valence-electron chi connectivity index (χ2n) is 6.88. The van der Waals surface area contributed by atoms with Crippen molar-refractivity contribution in [3.05, 3.63) is 58.5 Å². The van der Waals surface area contributed by atoms with Crippen LogP contribution >= 0.6 is 24.0 Å². The second kappa shape index (κ2) is 11.2. The molecule has 1 amide bonds. The molecule has 164 valence electrons. The summed E-state index contributed by atoms with van der Waals surface area (Å²) >= 11 is 6.58. The van der Waals surface area contributed by atoms with Crippen LogP contribution in [-0.2, 0) is 11.2 Å². The van der Waals surface area contributed by atoms with E-state index < -0.39 is 0 Å². The molecule has 31 heavy (non-hydrogen) atoms. The zero-order valence-electron chi connectivity index (χ0n) is 18.1. The molecule has 2 aromatic carbocycles. The predicted octanol–water partition coefficient (Wildman–Crippen LogP) is 5.33. The number of hydrogen-bond donors (Lipinski definition) is 0. The molecule has 1 heterocycles. The third kappa shape index (κ3) is 6.02. The van der Waals surface area contributed by atoms with Gasteiger partial charge in [0.1, 0.15) is 10.1 Å². The topological polar surface area (TPSA) is 48.0 Å². The molecule has 1 fully saturated rings. The lowest BCUT2D eigenvalue weighted by molar-refractivity contribution is -0.121. The van der Waals surface area contributed by atoms with E-state index in [4.69, 9.17) is 26.4 Å². The van der Waals surface area contributed by atoms with Crippen molar-refractivity contribution < 1.29 is 19.0 Å². The summed E-state index contributed by atoms with van der Waals surface area (Å²) in [4.78, 5) is 14.6. The van der Waals surface area contributed by atoms with Crippen LogP contribution in [0.1, 0.15) is 31.4 Å². The molecular formula is C24H27NO4S2. The molecule has 5 nitrogen and oxygen atoms in total. The van der Waals surface area contributed by atoms with E-state index in [0.717, 1.165) is 24.2 Å². The summed E-state index contributed by atoms with van der Waals surface area (Å²) < 4.78 is 17.7. The molecule has 0 aromatic heterocycles. The van der Waals surface area contributed by atoms with Gasteiger partial charge < -0.3 is 14.2 Å². The number of nitrogens with zero attached hydrogens (tertiary/aromatic N) is 1. The molecule has 0 unspecified atom stereocenters. The van der Waals surface area contributed by atoms with Gasteiger partial charge in [-0.25, -0.2) is 0 Å². The molecule has 2 aromatic rings. The highest BCUT2D eigenvalue weighted by Crippen LogP contribution is 2.34. The van der Waals surface area contributed by atoms with Gasteiger partial charge in [-0.2, -0.15) is 0 Å². The van der Waals surface area contributed by atoms with Gasteiger partial charge >= 0.3 is 0 Å². The standard InChI is InChI=1S/C24H27NO4S2/c1-4-17-7-10-19(11-8-17)28-13-6-14-29-20-12-9-18(15-21(20)27-3)16-22-23(26)25(5-2)24(30)31-22/h7-12,15-16H,4-6,13-14H2,1-3H3/b22-16+. The van der Waals surface area contributed by atoms with Crippen LogP contribution in [0.5, 0.6) is 17.2 Å². The lowest BCUT2D eigenvalue weighted by Gasteiger charge is -2.12. The van der Waals surface area contributed by atoms with E-state index in [9.17, 15) is 4.79 Å². The number of hydrogen-bond acceptors (Lipinski definition) is 6. The molecule has 0 saturated carbocycles. The van der Waals surface area contributed by atoms with Gasteiger partial charge in [0, 0.05) is 13.0 Å². The smallest absolute Gasteiger partial charge is 0.266 e. The van der Waals surface area contributed by atoms with E-state index in [-0.39, 0.29) is 5.91 Å². The summed E-state index contributed by atoms with van der Waals surface area (Å²) in [7, 11) is 1.60. The van der Waals surface area contributed by atoms with Crippen LogP contribution < -0.4 is 14.2 Å². The molecular weight excluding hydrogens is 430 g/mol. The monoisotopic (exact) mass is 457 g/mol. The zero-order valence-corrected chi connectivity index (χ0v) is 19.7. The van der Waals surface area contributed by atoms with E-state index >= 15 is 0 Å². The number of carbonyl (C=O) groups is 1. The van der Waals surface area contributed by atoms with Crippen LogP contribution in [-0.4, -0.2) is 42.0 Å². The Labute approximate surface area is 193 Å². The van der Waals surface area contributed by atoms with Gasteiger partial charge in [-0.3, -0.25) is 9.69 Å². The maximum atomic E-state index is 12.4. The normalized spacial score (nSPS) is 14.9. The number of rotatable bonds is 10. The number of benzene rings is 2. The Morgan fingerprint density at radius 1 is 1.03 bits per heavy atom. The Morgan fingerprint density at radius 3 is 2.42 bits per heavy atom. The van der Waals surface area contributed by atoms with Crippen LogP contribution in [0.3, 0.4) is 0 Å². The van der Waals surface area contributed by atoms with Crippen LogP contribution in [0.2, 0.25) is 0 Å². The summed E-state index contributed by atoms with van der Waals surface area (Å²) in [5.74, 6) is 2.09. The van der Waals surface area contributed by atoms with Crippen molar-refractivity contribution in [3.63, 3.8) is 0 Å². The first-order chi connectivity index (χ1) is 15.0. The summed E-state index contributed by atoms with van der Waals surface area (Å²) in [6, 6.07) is 13.8. The van der Waals surface area contributed by atoms with Gasteiger partial charge in [-0.05, 0) is 54.8 Å². The number of thiocarbonyl (C=S) groups is 1. The predicted molar refractivity (Wildman–Crippen MR) is 130 cm³/mol. The van der Waals surface area contributed by atoms with Gasteiger partial charge in [0.2, 0.25) is 0 Å². The Kier molecular flexibility index (Phi) is 8.37. The van der Waals surface area contributed by atoms with Crippen molar-refractivity contribution in [1.29, 1.82) is 0 Å². The van der Waals surface area contributed by atoms with Crippen LogP contribution in [0.25, 0.3) is 6.08 Å². The van der Waals surface area contributed by atoms with Gasteiger partial charge in [0.25, 0.3) is 5.91 Å². The van der Waals surface area contributed by atoms with Gasteiger partial charge in [0.05, 0.1) is 25.2 Å². The lowest BCUT2D eigenvalue weighted by atomic mass is 10.2. The maximum Gasteiger partial charge on any atom is 0.266 e. The highest BCUT2D eigenvalue weighted by atomic mass is 32.2. The Hall–Kier alpha value is -2.51. The first-order valence-corrected chi connectivity index (χ1v) is 11.6. The maximum absolute atomic E-state index is 12.4. The fraction of sp³-hybridized carbons (Fsp3) is 0.333. The fourth-order valence-electron chi connectivity index (χ4n) is 3.07. The van der Waals surface area contributed by atoms with E-state index in [2.05, 4.69) is 19.1 Å². The third-order valence-electron chi connectivity index (χ3n) is 4.82. The summed E-state index contributed by atoms with van der Waals surface area (Å²) in [6.07, 6.45) is 3.60. The molecule has 1 aliphatic heterocycles. The van der Waals surface area contributed by atoms with E-state index in [1.165, 1.54) is 17.3 Å². The number of thioether (sulfide) groups is 1. The molecule has 0 atom stereocenters. The molecule has 0 bridgehead atoms. The number of amides is 1. The number of methoxy groups -OCH3 is 1. The molecule has 0 aliphatic carbocycles. The summed E-state index contributed by atoms with van der Waals surface area (Å²) in [5, 5.41) is 0. The highest BCUT2D eigenvalue weighted by Gasteiger charge is 2.30. The van der Waals surface area contributed by atoms with Crippen LogP contribution in [0, 0.1) is 0 Å². The molecule has 3 rings (SSSR count). The fourth-order valence-corrected chi connectivity index (χ4v) is 4.45. The van der Waals surface area contributed by atoms with E-state index in [0.29, 0.717) is 40.5 Å². The quantitative estimate of drug-likeness (QED) is 0.273. The second-order valence-corrected chi connectivity index (χ2v) is 8.56. The van der Waals surface area contributed by atoms with E-state index in [1.807, 2.05) is 43.3 Å². The SMILES string of the molecule is CCc1ccc(OCCCOc2ccc(/C=C3/SC(=S)N(CC)C3=O)cc2OC)cc1. The van der Waals surface area contributed by atoms with Gasteiger partial charge in [-0.1, -0.05) is 49.1 Å².